The van der Waals surface area contributed by atoms with Crippen molar-refractivity contribution in [2.45, 2.75) is 11.4 Å². The number of rotatable bonds is 4. The molecule has 22 heavy (non-hydrogen) atoms. The molecule has 5 nitrogen and oxygen atoms in total. The lowest BCUT2D eigenvalue weighted by Crippen LogP contribution is -2.18. The Morgan fingerprint density at radius 2 is 1.91 bits per heavy atom. The first-order chi connectivity index (χ1) is 10.5. The molecule has 1 aromatic carbocycles. The molecule has 0 fully saturated rings. The van der Waals surface area contributed by atoms with Crippen LogP contribution < -0.4 is 5.32 Å². The highest BCUT2D eigenvalue weighted by Crippen LogP contribution is 2.25. The number of fused-ring (bicyclic) bond motifs is 1. The molecular formula is C15H14ClN3O2S. The Balaban J connectivity index is 2.31. The second-order valence-electron chi connectivity index (χ2n) is 4.79. The summed E-state index contributed by atoms with van der Waals surface area (Å²) in [6.45, 7) is 0.403. The summed E-state index contributed by atoms with van der Waals surface area (Å²) in [5.74, 6) is 0. The highest BCUT2D eigenvalue weighted by molar-refractivity contribution is 7.90. The number of hydrogen-bond donors (Lipinski definition) is 1. The molecular weight excluding hydrogens is 322 g/mol. The maximum Gasteiger partial charge on any atom is 0.268 e. The molecule has 0 saturated carbocycles. The van der Waals surface area contributed by atoms with Gasteiger partial charge in [0.1, 0.15) is 5.15 Å². The summed E-state index contributed by atoms with van der Waals surface area (Å²) in [5, 5.41) is 3.31. The van der Waals surface area contributed by atoms with Gasteiger partial charge in [-0.3, -0.25) is 0 Å². The summed E-state index contributed by atoms with van der Waals surface area (Å²) in [6.07, 6.45) is 0. The Hall–Kier alpha value is -1.89. The molecule has 2 aromatic heterocycles. The first-order valence-corrected chi connectivity index (χ1v) is 8.48. The molecule has 0 bridgehead atoms. The number of benzene rings is 1. The largest absolute Gasteiger partial charge is 0.314 e. The van der Waals surface area contributed by atoms with Crippen LogP contribution in [0.15, 0.2) is 53.4 Å². The Bertz CT molecular complexity index is 921. The van der Waals surface area contributed by atoms with Crippen molar-refractivity contribution in [2.75, 3.05) is 7.05 Å². The quantitative estimate of drug-likeness (QED) is 0.744. The molecule has 114 valence electrons. The minimum Gasteiger partial charge on any atom is -0.314 e. The first-order valence-electron chi connectivity index (χ1n) is 6.66. The third kappa shape index (κ3) is 2.49. The number of hydrogen-bond acceptors (Lipinski definition) is 4. The van der Waals surface area contributed by atoms with Crippen LogP contribution in [0.1, 0.15) is 5.69 Å². The van der Waals surface area contributed by atoms with E-state index >= 15 is 0 Å². The van der Waals surface area contributed by atoms with Gasteiger partial charge in [0.2, 0.25) is 0 Å². The summed E-state index contributed by atoms with van der Waals surface area (Å²) in [6, 6.07) is 13.3. The predicted octanol–water partition coefficient (Wildman–Crippen LogP) is 2.65. The summed E-state index contributed by atoms with van der Waals surface area (Å²) in [5.41, 5.74) is 1.67. The van der Waals surface area contributed by atoms with Gasteiger partial charge < -0.3 is 5.32 Å². The van der Waals surface area contributed by atoms with Crippen LogP contribution in [0.5, 0.6) is 0 Å². The van der Waals surface area contributed by atoms with E-state index in [4.69, 9.17) is 11.6 Å². The molecule has 0 saturated heterocycles. The predicted molar refractivity (Wildman–Crippen MR) is 86.5 cm³/mol. The molecule has 3 rings (SSSR count). The average Bonchev–Trinajstić information content (AvgIpc) is 2.86. The molecule has 0 aliphatic heterocycles. The standard InChI is InChI=1S/C15H14ClN3O2S/c1-17-10-11-9-13-14(7-8-15(16)18-13)19(11)22(20,21)12-5-3-2-4-6-12/h2-9,17H,10H2,1H3. The van der Waals surface area contributed by atoms with Crippen molar-refractivity contribution >= 4 is 32.7 Å². The van der Waals surface area contributed by atoms with Gasteiger partial charge in [-0.25, -0.2) is 17.4 Å². The molecule has 1 N–H and O–H groups in total. The zero-order valence-corrected chi connectivity index (χ0v) is 13.4. The van der Waals surface area contributed by atoms with Crippen LogP contribution in [0.25, 0.3) is 11.0 Å². The van der Waals surface area contributed by atoms with Crippen molar-refractivity contribution in [2.24, 2.45) is 0 Å². The van der Waals surface area contributed by atoms with E-state index in [1.807, 2.05) is 0 Å². The first kappa shape index (κ1) is 15.0. The van der Waals surface area contributed by atoms with Crippen molar-refractivity contribution in [1.82, 2.24) is 14.3 Å². The van der Waals surface area contributed by atoms with Gasteiger partial charge in [-0.15, -0.1) is 0 Å². The Labute approximate surface area is 133 Å². The number of pyridine rings is 1. The molecule has 7 heteroatoms. The van der Waals surface area contributed by atoms with E-state index in [1.54, 1.807) is 55.6 Å². The van der Waals surface area contributed by atoms with Gasteiger partial charge in [-0.05, 0) is 37.4 Å². The topological polar surface area (TPSA) is 64.0 Å². The van der Waals surface area contributed by atoms with Crippen LogP contribution in [0.2, 0.25) is 5.15 Å². The van der Waals surface area contributed by atoms with E-state index < -0.39 is 10.0 Å². The molecule has 0 radical (unpaired) electrons. The lowest BCUT2D eigenvalue weighted by atomic mass is 10.4. The lowest BCUT2D eigenvalue weighted by molar-refractivity contribution is 0.585. The van der Waals surface area contributed by atoms with E-state index in [1.165, 1.54) is 3.97 Å². The molecule has 0 aliphatic carbocycles. The van der Waals surface area contributed by atoms with Crippen molar-refractivity contribution in [1.29, 1.82) is 0 Å². The molecule has 0 amide bonds. The molecule has 0 spiro atoms. The fourth-order valence-electron chi connectivity index (χ4n) is 2.38. The van der Waals surface area contributed by atoms with Crippen LogP contribution in [-0.4, -0.2) is 24.4 Å². The maximum atomic E-state index is 13.0. The van der Waals surface area contributed by atoms with Crippen molar-refractivity contribution in [3.63, 3.8) is 0 Å². The van der Waals surface area contributed by atoms with Gasteiger partial charge in [0.05, 0.1) is 21.6 Å². The van der Waals surface area contributed by atoms with Crippen LogP contribution in [0.4, 0.5) is 0 Å². The highest BCUT2D eigenvalue weighted by atomic mass is 35.5. The zero-order valence-electron chi connectivity index (χ0n) is 11.8. The minimum absolute atomic E-state index is 0.236. The summed E-state index contributed by atoms with van der Waals surface area (Å²) < 4.78 is 27.2. The fraction of sp³-hybridized carbons (Fsp3) is 0.133. The highest BCUT2D eigenvalue weighted by Gasteiger charge is 2.23. The normalized spacial score (nSPS) is 11.9. The van der Waals surface area contributed by atoms with E-state index in [-0.39, 0.29) is 4.90 Å². The smallest absolute Gasteiger partial charge is 0.268 e. The monoisotopic (exact) mass is 335 g/mol. The van der Waals surface area contributed by atoms with Crippen LogP contribution >= 0.6 is 11.6 Å². The van der Waals surface area contributed by atoms with Gasteiger partial charge in [0.25, 0.3) is 10.0 Å². The SMILES string of the molecule is CNCc1cc2nc(Cl)ccc2n1S(=O)(=O)c1ccccc1. The molecule has 2 heterocycles. The van der Waals surface area contributed by atoms with Crippen LogP contribution in [-0.2, 0) is 16.6 Å². The third-order valence-corrected chi connectivity index (χ3v) is 5.28. The molecule has 0 aliphatic rings. The maximum absolute atomic E-state index is 13.0. The van der Waals surface area contributed by atoms with Gasteiger partial charge in [0, 0.05) is 6.54 Å². The minimum atomic E-state index is -3.69. The van der Waals surface area contributed by atoms with Crippen molar-refractivity contribution in [3.8, 4) is 0 Å². The average molecular weight is 336 g/mol. The Kier molecular flexibility index (Phi) is 3.90. The Morgan fingerprint density at radius 1 is 1.18 bits per heavy atom. The van der Waals surface area contributed by atoms with E-state index in [0.29, 0.717) is 28.4 Å². The lowest BCUT2D eigenvalue weighted by Gasteiger charge is -2.11. The zero-order chi connectivity index (χ0) is 15.7. The van der Waals surface area contributed by atoms with Crippen molar-refractivity contribution in [3.05, 3.63) is 59.4 Å². The van der Waals surface area contributed by atoms with Crippen LogP contribution in [0.3, 0.4) is 0 Å². The van der Waals surface area contributed by atoms with E-state index in [9.17, 15) is 8.42 Å². The van der Waals surface area contributed by atoms with E-state index in [0.717, 1.165) is 0 Å². The molecule has 3 aromatic rings. The summed E-state index contributed by atoms with van der Waals surface area (Å²) in [7, 11) is -1.93. The number of halogens is 1. The number of nitrogens with one attached hydrogen (secondary N) is 1. The number of aromatic nitrogens is 2. The molecule has 0 unspecified atom stereocenters. The van der Waals surface area contributed by atoms with Gasteiger partial charge >= 0.3 is 0 Å². The molecule has 0 atom stereocenters. The fourth-order valence-corrected chi connectivity index (χ4v) is 4.08. The second-order valence-corrected chi connectivity index (χ2v) is 6.96. The number of nitrogens with zero attached hydrogens (tertiary/aromatic N) is 2. The van der Waals surface area contributed by atoms with Gasteiger partial charge in [0.15, 0.2) is 0 Å². The Morgan fingerprint density at radius 3 is 2.59 bits per heavy atom. The second kappa shape index (κ2) is 5.72. The van der Waals surface area contributed by atoms with E-state index in [2.05, 4.69) is 10.3 Å². The van der Waals surface area contributed by atoms with Gasteiger partial charge in [-0.2, -0.15) is 0 Å². The summed E-state index contributed by atoms with van der Waals surface area (Å²) in [4.78, 5) is 4.43. The van der Waals surface area contributed by atoms with Gasteiger partial charge in [-0.1, -0.05) is 29.8 Å². The third-order valence-electron chi connectivity index (χ3n) is 3.29. The van der Waals surface area contributed by atoms with Crippen LogP contribution in [0, 0.1) is 0 Å². The summed E-state index contributed by atoms with van der Waals surface area (Å²) >= 11 is 5.90. The van der Waals surface area contributed by atoms with Crippen molar-refractivity contribution < 1.29 is 8.42 Å².